The first-order chi connectivity index (χ1) is 14.8. The van der Waals surface area contributed by atoms with E-state index in [1.807, 2.05) is 0 Å². The molecule has 1 aromatic carbocycles. The van der Waals surface area contributed by atoms with Gasteiger partial charge in [0.2, 0.25) is 10.3 Å². The molecule has 0 saturated heterocycles. The number of hydrogen-bond donors (Lipinski definition) is 1. The van der Waals surface area contributed by atoms with Gasteiger partial charge in [0.25, 0.3) is 0 Å². The third kappa shape index (κ3) is 4.78. The highest BCUT2D eigenvalue weighted by Gasteiger charge is 2.40. The highest BCUT2D eigenvalue weighted by Crippen LogP contribution is 2.35. The van der Waals surface area contributed by atoms with Crippen LogP contribution in [0.4, 0.5) is 30.7 Å². The SMILES string of the molecule is CNCc1cc(-c2ccc(C(F)(F)F)cc2)n(C2N=C(C(F)(F)F)C=C(F)C2=S(=O)=O)c1. The van der Waals surface area contributed by atoms with Crippen LogP contribution in [0.15, 0.2) is 53.4 Å². The molecular weight excluding hydrogens is 467 g/mol. The first-order valence-corrected chi connectivity index (χ1v) is 9.92. The van der Waals surface area contributed by atoms with Crippen LogP contribution >= 0.6 is 0 Å². The summed E-state index contributed by atoms with van der Waals surface area (Å²) >= 11 is 0. The molecule has 5 nitrogen and oxygen atoms in total. The minimum Gasteiger partial charge on any atom is -0.320 e. The maximum atomic E-state index is 14.4. The van der Waals surface area contributed by atoms with Crippen LogP contribution in [0.2, 0.25) is 0 Å². The highest BCUT2D eigenvalue weighted by atomic mass is 32.2. The summed E-state index contributed by atoms with van der Waals surface area (Å²) in [7, 11) is -1.69. The van der Waals surface area contributed by atoms with Gasteiger partial charge in [0.15, 0.2) is 11.0 Å². The largest absolute Gasteiger partial charge is 0.433 e. The second-order valence-electron chi connectivity index (χ2n) is 6.72. The zero-order valence-corrected chi connectivity index (χ0v) is 16.9. The Morgan fingerprint density at radius 2 is 1.69 bits per heavy atom. The molecular formula is C19H14F7N3O2S. The van der Waals surface area contributed by atoms with Crippen molar-refractivity contribution in [3.63, 3.8) is 0 Å². The Morgan fingerprint density at radius 1 is 1.06 bits per heavy atom. The molecule has 2 heterocycles. The van der Waals surface area contributed by atoms with Crippen LogP contribution in [0.5, 0.6) is 0 Å². The molecule has 0 aliphatic carbocycles. The smallest absolute Gasteiger partial charge is 0.320 e. The number of aliphatic imine (C=N–C) groups is 1. The van der Waals surface area contributed by atoms with Crippen LogP contribution in [0.1, 0.15) is 17.3 Å². The average Bonchev–Trinajstić information content (AvgIpc) is 3.10. The van der Waals surface area contributed by atoms with Gasteiger partial charge in [-0.05, 0) is 36.4 Å². The first kappa shape index (κ1) is 23.7. The molecule has 1 aromatic heterocycles. The summed E-state index contributed by atoms with van der Waals surface area (Å²) in [5.74, 6) is -1.63. The van der Waals surface area contributed by atoms with Gasteiger partial charge in [-0.25, -0.2) is 9.38 Å². The quantitative estimate of drug-likeness (QED) is 0.523. The fraction of sp³-hybridized carbons (Fsp3) is 0.263. The fourth-order valence-electron chi connectivity index (χ4n) is 3.15. The molecule has 1 aliphatic rings. The molecule has 0 spiro atoms. The Labute approximate surface area is 178 Å². The minimum atomic E-state index is -5.05. The van der Waals surface area contributed by atoms with Crippen molar-refractivity contribution in [3.8, 4) is 11.3 Å². The first-order valence-electron chi connectivity index (χ1n) is 8.84. The van der Waals surface area contributed by atoms with Crippen molar-refractivity contribution in [2.24, 2.45) is 4.99 Å². The van der Waals surface area contributed by atoms with E-state index in [0.717, 1.165) is 28.8 Å². The van der Waals surface area contributed by atoms with Gasteiger partial charge in [0, 0.05) is 18.8 Å². The minimum absolute atomic E-state index is 0.0164. The van der Waals surface area contributed by atoms with E-state index >= 15 is 0 Å². The standard InChI is InChI=1S/C19H14F7N3O2S/c1-27-8-10-6-14(11-2-4-12(5-3-11)18(21,22)23)29(9-10)17-16(32(30)31)13(20)7-15(28-17)19(24,25)26/h2-7,9,17,27H,8H2,1H3. The Morgan fingerprint density at radius 3 is 2.19 bits per heavy atom. The van der Waals surface area contributed by atoms with Crippen LogP contribution in [0, 0.1) is 0 Å². The van der Waals surface area contributed by atoms with Crippen molar-refractivity contribution in [2.45, 2.75) is 25.1 Å². The maximum Gasteiger partial charge on any atom is 0.433 e. The second-order valence-corrected chi connectivity index (χ2v) is 7.63. The number of aromatic nitrogens is 1. The summed E-state index contributed by atoms with van der Waals surface area (Å²) in [6.07, 6.45) is -10.4. The van der Waals surface area contributed by atoms with E-state index in [1.165, 1.54) is 12.3 Å². The molecule has 2 aromatic rings. The number of dihydropyridines is 1. The van der Waals surface area contributed by atoms with Gasteiger partial charge in [-0.1, -0.05) is 12.1 Å². The molecule has 32 heavy (non-hydrogen) atoms. The zero-order chi connectivity index (χ0) is 23.8. The second kappa shape index (κ2) is 8.54. The molecule has 1 N–H and O–H groups in total. The topological polar surface area (TPSA) is 63.5 Å². The van der Waals surface area contributed by atoms with Gasteiger partial charge in [-0.2, -0.15) is 34.8 Å². The number of halogens is 7. The molecule has 0 radical (unpaired) electrons. The molecule has 1 atom stereocenters. The van der Waals surface area contributed by atoms with Gasteiger partial charge in [0.05, 0.1) is 11.3 Å². The van der Waals surface area contributed by atoms with Crippen LogP contribution < -0.4 is 5.32 Å². The number of benzene rings is 1. The number of alkyl halides is 6. The lowest BCUT2D eigenvalue weighted by atomic mass is 10.1. The van der Waals surface area contributed by atoms with Crippen LogP contribution in [0.3, 0.4) is 0 Å². The summed E-state index contributed by atoms with van der Waals surface area (Å²) in [5.41, 5.74) is -1.94. The zero-order valence-electron chi connectivity index (χ0n) is 16.1. The van der Waals surface area contributed by atoms with E-state index in [2.05, 4.69) is 10.3 Å². The number of nitrogens with zero attached hydrogens (tertiary/aromatic N) is 2. The Hall–Kier alpha value is -2.93. The number of nitrogens with one attached hydrogen (secondary N) is 1. The molecule has 0 bridgehead atoms. The van der Waals surface area contributed by atoms with E-state index in [9.17, 15) is 39.2 Å². The van der Waals surface area contributed by atoms with E-state index < -0.39 is 50.8 Å². The van der Waals surface area contributed by atoms with E-state index in [1.54, 1.807) is 7.05 Å². The van der Waals surface area contributed by atoms with Gasteiger partial charge >= 0.3 is 12.4 Å². The van der Waals surface area contributed by atoms with Crippen molar-refractivity contribution in [3.05, 3.63) is 59.6 Å². The summed E-state index contributed by atoms with van der Waals surface area (Å²) in [6, 6.07) is 5.13. The average molecular weight is 481 g/mol. The fourth-order valence-corrected chi connectivity index (χ4v) is 3.71. The maximum absolute atomic E-state index is 14.4. The van der Waals surface area contributed by atoms with Crippen molar-refractivity contribution in [1.82, 2.24) is 9.88 Å². The Kier molecular flexibility index (Phi) is 6.33. The van der Waals surface area contributed by atoms with Crippen molar-refractivity contribution in [1.29, 1.82) is 0 Å². The number of allylic oxidation sites excluding steroid dienone is 1. The predicted molar refractivity (Wildman–Crippen MR) is 103 cm³/mol. The molecule has 0 amide bonds. The lowest BCUT2D eigenvalue weighted by Crippen LogP contribution is -2.31. The predicted octanol–water partition coefficient (Wildman–Crippen LogP) is 4.31. The van der Waals surface area contributed by atoms with E-state index in [-0.39, 0.29) is 23.9 Å². The summed E-state index contributed by atoms with van der Waals surface area (Å²) < 4.78 is 117. The molecule has 1 aliphatic heterocycles. The Balaban J connectivity index is 2.23. The summed E-state index contributed by atoms with van der Waals surface area (Å²) in [4.78, 5) is 2.37. The van der Waals surface area contributed by atoms with Gasteiger partial charge in [-0.15, -0.1) is 0 Å². The molecule has 0 saturated carbocycles. The lowest BCUT2D eigenvalue weighted by molar-refractivity contribution is -0.137. The third-order valence-electron chi connectivity index (χ3n) is 4.52. The van der Waals surface area contributed by atoms with Crippen molar-refractivity contribution >= 4 is 20.9 Å². The van der Waals surface area contributed by atoms with Gasteiger partial charge in [0.1, 0.15) is 11.5 Å². The van der Waals surface area contributed by atoms with Crippen LogP contribution in [-0.4, -0.2) is 36.8 Å². The summed E-state index contributed by atoms with van der Waals surface area (Å²) in [5, 5.41) is 2.79. The Bertz CT molecular complexity index is 1210. The molecule has 3 rings (SSSR count). The molecule has 1 unspecified atom stereocenters. The van der Waals surface area contributed by atoms with Gasteiger partial charge in [-0.3, -0.25) is 0 Å². The summed E-state index contributed by atoms with van der Waals surface area (Å²) in [6.45, 7) is 0.192. The van der Waals surface area contributed by atoms with E-state index in [0.29, 0.717) is 5.56 Å². The molecule has 13 heteroatoms. The number of rotatable bonds is 4. The van der Waals surface area contributed by atoms with Crippen molar-refractivity contribution in [2.75, 3.05) is 7.05 Å². The third-order valence-corrected chi connectivity index (χ3v) is 5.29. The van der Waals surface area contributed by atoms with Crippen LogP contribution in [-0.2, 0) is 23.0 Å². The molecule has 172 valence electrons. The van der Waals surface area contributed by atoms with Gasteiger partial charge < -0.3 is 9.88 Å². The van der Waals surface area contributed by atoms with Crippen LogP contribution in [0.25, 0.3) is 11.3 Å². The normalized spacial score (nSPS) is 17.2. The monoisotopic (exact) mass is 481 g/mol. The van der Waals surface area contributed by atoms with E-state index in [4.69, 9.17) is 0 Å². The van der Waals surface area contributed by atoms with Crippen molar-refractivity contribution < 1.29 is 39.2 Å². The number of hydrogen-bond acceptors (Lipinski definition) is 4. The lowest BCUT2D eigenvalue weighted by Gasteiger charge is -2.23. The molecule has 0 fully saturated rings. The highest BCUT2D eigenvalue weighted by molar-refractivity contribution is 7.73.